The van der Waals surface area contributed by atoms with Gasteiger partial charge in [-0.15, -0.1) is 0 Å². The predicted molar refractivity (Wildman–Crippen MR) is 84.9 cm³/mol. The average Bonchev–Trinajstić information content (AvgIpc) is 2.51. The van der Waals surface area contributed by atoms with Gasteiger partial charge in [0.2, 0.25) is 5.43 Å². The van der Waals surface area contributed by atoms with Crippen LogP contribution in [-0.2, 0) is 0 Å². The maximum atomic E-state index is 12.6. The summed E-state index contributed by atoms with van der Waals surface area (Å²) in [5, 5.41) is 0.442. The van der Waals surface area contributed by atoms with Crippen molar-refractivity contribution < 1.29 is 4.79 Å². The topological polar surface area (TPSA) is 39.1 Å². The summed E-state index contributed by atoms with van der Waals surface area (Å²) in [6, 6.07) is 16.2. The SMILES string of the molecule is CC(=O)c1c(-c2ccccc2)n(Cl)c2ccccc2c1=O. The van der Waals surface area contributed by atoms with Crippen LogP contribution >= 0.6 is 11.8 Å². The van der Waals surface area contributed by atoms with Crippen LogP contribution in [0.5, 0.6) is 0 Å². The number of hydrogen-bond acceptors (Lipinski definition) is 2. The Balaban J connectivity index is 2.54. The second-order valence-corrected chi connectivity index (χ2v) is 5.11. The number of Topliss-reactive ketones (excluding diaryl/α,β-unsaturated/α-hetero) is 1. The van der Waals surface area contributed by atoms with Crippen LogP contribution in [0.4, 0.5) is 0 Å². The molecule has 0 atom stereocenters. The highest BCUT2D eigenvalue weighted by atomic mass is 35.5. The second kappa shape index (κ2) is 5.19. The Morgan fingerprint density at radius 1 is 1.00 bits per heavy atom. The fourth-order valence-corrected chi connectivity index (χ4v) is 2.81. The van der Waals surface area contributed by atoms with Gasteiger partial charge in [-0.2, -0.15) is 0 Å². The second-order valence-electron chi connectivity index (χ2n) is 4.77. The van der Waals surface area contributed by atoms with E-state index in [1.165, 1.54) is 11.0 Å². The van der Waals surface area contributed by atoms with E-state index in [1.54, 1.807) is 18.2 Å². The van der Waals surface area contributed by atoms with Crippen LogP contribution in [0.25, 0.3) is 22.2 Å². The van der Waals surface area contributed by atoms with Crippen LogP contribution in [0.3, 0.4) is 0 Å². The largest absolute Gasteiger partial charge is 0.294 e. The maximum Gasteiger partial charge on any atom is 0.200 e. The quantitative estimate of drug-likeness (QED) is 0.674. The highest BCUT2D eigenvalue weighted by molar-refractivity contribution is 6.22. The Bertz CT molecular complexity index is 898. The lowest BCUT2D eigenvalue weighted by Crippen LogP contribution is -2.18. The number of hydrogen-bond donors (Lipinski definition) is 0. The highest BCUT2D eigenvalue weighted by Gasteiger charge is 2.20. The summed E-state index contributed by atoms with van der Waals surface area (Å²) < 4.78 is 1.39. The average molecular weight is 298 g/mol. The number of carbonyl (C=O) groups is 1. The predicted octanol–water partition coefficient (Wildman–Crippen LogP) is 3.87. The molecule has 0 aliphatic carbocycles. The molecule has 0 saturated heterocycles. The van der Waals surface area contributed by atoms with E-state index in [0.717, 1.165) is 5.56 Å². The molecule has 4 heteroatoms. The minimum Gasteiger partial charge on any atom is -0.294 e. The molecule has 104 valence electrons. The molecule has 0 fully saturated rings. The van der Waals surface area contributed by atoms with E-state index in [9.17, 15) is 9.59 Å². The highest BCUT2D eigenvalue weighted by Crippen LogP contribution is 2.27. The van der Waals surface area contributed by atoms with Crippen LogP contribution < -0.4 is 5.43 Å². The van der Waals surface area contributed by atoms with E-state index in [0.29, 0.717) is 16.6 Å². The molecular formula is C17H12ClNO2. The maximum absolute atomic E-state index is 12.6. The Morgan fingerprint density at radius 2 is 1.62 bits per heavy atom. The standard InChI is InChI=1S/C17H12ClNO2/c1-11(20)15-16(12-7-3-2-4-8-12)19(18)14-10-6-5-9-13(14)17(15)21/h2-10H,1H3. The zero-order chi connectivity index (χ0) is 15.0. The number of halogens is 1. The molecule has 0 aliphatic heterocycles. The van der Waals surface area contributed by atoms with E-state index >= 15 is 0 Å². The van der Waals surface area contributed by atoms with E-state index in [2.05, 4.69) is 0 Å². The zero-order valence-corrected chi connectivity index (χ0v) is 12.1. The van der Waals surface area contributed by atoms with Crippen LogP contribution in [0.1, 0.15) is 17.3 Å². The summed E-state index contributed by atoms with van der Waals surface area (Å²) in [6.45, 7) is 1.38. The normalized spacial score (nSPS) is 10.8. The van der Waals surface area contributed by atoms with Gasteiger partial charge in [-0.25, -0.2) is 0 Å². The van der Waals surface area contributed by atoms with Crippen molar-refractivity contribution in [1.29, 1.82) is 0 Å². The first-order valence-corrected chi connectivity index (χ1v) is 6.85. The minimum absolute atomic E-state index is 0.120. The van der Waals surface area contributed by atoms with Gasteiger partial charge in [0, 0.05) is 22.7 Å². The molecule has 0 saturated carbocycles. The van der Waals surface area contributed by atoms with Gasteiger partial charge in [-0.05, 0) is 19.1 Å². The number of benzene rings is 2. The van der Waals surface area contributed by atoms with E-state index in [1.807, 2.05) is 36.4 Å². The number of nitrogens with zero attached hydrogens (tertiary/aromatic N) is 1. The number of aromatic nitrogens is 1. The molecule has 0 spiro atoms. The van der Waals surface area contributed by atoms with Crippen molar-refractivity contribution in [1.82, 2.24) is 4.09 Å². The van der Waals surface area contributed by atoms with Gasteiger partial charge in [0.1, 0.15) is 0 Å². The number of fused-ring (bicyclic) bond motifs is 1. The molecular weight excluding hydrogens is 286 g/mol. The van der Waals surface area contributed by atoms with Gasteiger partial charge in [-0.1, -0.05) is 42.5 Å². The van der Waals surface area contributed by atoms with E-state index in [-0.39, 0.29) is 16.8 Å². The molecule has 0 unspecified atom stereocenters. The number of pyridine rings is 1. The number of ketones is 1. The molecule has 1 aromatic heterocycles. The lowest BCUT2D eigenvalue weighted by Gasteiger charge is -2.14. The summed E-state index contributed by atoms with van der Waals surface area (Å²) in [6.07, 6.45) is 0. The van der Waals surface area contributed by atoms with E-state index < -0.39 is 0 Å². The number of rotatable bonds is 2. The van der Waals surface area contributed by atoms with Crippen molar-refractivity contribution in [2.24, 2.45) is 0 Å². The molecule has 0 N–H and O–H groups in total. The molecule has 21 heavy (non-hydrogen) atoms. The molecule has 2 aromatic carbocycles. The van der Waals surface area contributed by atoms with Crippen molar-refractivity contribution in [3.8, 4) is 11.3 Å². The molecule has 0 amide bonds. The molecule has 3 rings (SSSR count). The summed E-state index contributed by atoms with van der Waals surface area (Å²) in [5.74, 6) is -0.293. The van der Waals surface area contributed by atoms with E-state index in [4.69, 9.17) is 11.8 Å². The van der Waals surface area contributed by atoms with Gasteiger partial charge < -0.3 is 0 Å². The Kier molecular flexibility index (Phi) is 3.35. The Morgan fingerprint density at radius 3 is 2.29 bits per heavy atom. The molecule has 0 aliphatic rings. The van der Waals surface area contributed by atoms with Crippen LogP contribution in [0, 0.1) is 0 Å². The van der Waals surface area contributed by atoms with Crippen molar-refractivity contribution in [2.75, 3.05) is 0 Å². The third kappa shape index (κ3) is 2.16. The first-order chi connectivity index (χ1) is 10.1. The minimum atomic E-state index is -0.293. The zero-order valence-electron chi connectivity index (χ0n) is 11.3. The summed E-state index contributed by atoms with van der Waals surface area (Å²) in [5.41, 5.74) is 1.60. The van der Waals surface area contributed by atoms with Gasteiger partial charge >= 0.3 is 0 Å². The molecule has 3 aromatic rings. The Labute approximate surface area is 126 Å². The van der Waals surface area contributed by atoms with Crippen molar-refractivity contribution in [3.63, 3.8) is 0 Å². The molecule has 3 nitrogen and oxygen atoms in total. The fourth-order valence-electron chi connectivity index (χ4n) is 2.48. The lowest BCUT2D eigenvalue weighted by atomic mass is 10.0. The van der Waals surface area contributed by atoms with Crippen LogP contribution in [-0.4, -0.2) is 9.87 Å². The number of carbonyl (C=O) groups excluding carboxylic acids is 1. The van der Waals surface area contributed by atoms with Gasteiger partial charge in [0.15, 0.2) is 5.78 Å². The smallest absolute Gasteiger partial charge is 0.200 e. The number of para-hydroxylation sites is 1. The summed E-state index contributed by atoms with van der Waals surface area (Å²) in [4.78, 5) is 24.6. The molecule has 1 heterocycles. The first kappa shape index (κ1) is 13.6. The molecule has 0 bridgehead atoms. The van der Waals surface area contributed by atoms with Crippen molar-refractivity contribution in [3.05, 3.63) is 70.4 Å². The summed E-state index contributed by atoms with van der Waals surface area (Å²) >= 11 is 6.42. The van der Waals surface area contributed by atoms with Crippen molar-refractivity contribution >= 4 is 28.5 Å². The lowest BCUT2D eigenvalue weighted by molar-refractivity contribution is 0.101. The Hall–Kier alpha value is -2.39. The third-order valence-electron chi connectivity index (χ3n) is 3.42. The van der Waals surface area contributed by atoms with Crippen molar-refractivity contribution in [2.45, 2.75) is 6.92 Å². The van der Waals surface area contributed by atoms with Gasteiger partial charge in [-0.3, -0.25) is 13.7 Å². The van der Waals surface area contributed by atoms with Crippen LogP contribution in [0.2, 0.25) is 0 Å². The van der Waals surface area contributed by atoms with Gasteiger partial charge in [0.05, 0.1) is 16.8 Å². The monoisotopic (exact) mass is 297 g/mol. The summed E-state index contributed by atoms with van der Waals surface area (Å²) in [7, 11) is 0. The molecule has 0 radical (unpaired) electrons. The fraction of sp³-hybridized carbons (Fsp3) is 0.0588. The first-order valence-electron chi connectivity index (χ1n) is 6.51. The third-order valence-corrected chi connectivity index (χ3v) is 3.77. The van der Waals surface area contributed by atoms with Crippen LogP contribution in [0.15, 0.2) is 59.4 Å². The van der Waals surface area contributed by atoms with Gasteiger partial charge in [0.25, 0.3) is 0 Å².